The van der Waals surface area contributed by atoms with Crippen LogP contribution in [-0.4, -0.2) is 35.4 Å². The van der Waals surface area contributed by atoms with Crippen LogP contribution in [0.25, 0.3) is 0 Å². The number of hydrogen-bond acceptors (Lipinski definition) is 3. The van der Waals surface area contributed by atoms with Gasteiger partial charge in [-0.2, -0.15) is 17.4 Å². The number of piperidine rings is 1. The van der Waals surface area contributed by atoms with Crippen LogP contribution in [0, 0.1) is 5.82 Å². The highest BCUT2D eigenvalue weighted by atomic mass is 32.2. The Kier molecular flexibility index (Phi) is 4.98. The number of aromatic nitrogens is 2. The Labute approximate surface area is 141 Å². The second-order valence-corrected chi connectivity index (χ2v) is 7.67. The summed E-state index contributed by atoms with van der Waals surface area (Å²) in [6, 6.07) is 5.18. The Bertz CT molecular complexity index is 800. The smallest absolute Gasteiger partial charge is 0.280 e. The molecule has 3 rings (SSSR count). The third-order valence-electron chi connectivity index (χ3n) is 4.22. The van der Waals surface area contributed by atoms with Gasteiger partial charge in [-0.15, -0.1) is 0 Å². The maximum atomic E-state index is 13.6. The van der Waals surface area contributed by atoms with E-state index >= 15 is 0 Å². The van der Waals surface area contributed by atoms with Crippen LogP contribution in [0.2, 0.25) is 0 Å². The van der Waals surface area contributed by atoms with Crippen LogP contribution in [0.5, 0.6) is 0 Å². The van der Waals surface area contributed by atoms with Gasteiger partial charge in [0.15, 0.2) is 0 Å². The molecule has 130 valence electrons. The summed E-state index contributed by atoms with van der Waals surface area (Å²) in [7, 11) is -1.90. The lowest BCUT2D eigenvalue weighted by Gasteiger charge is -2.28. The van der Waals surface area contributed by atoms with E-state index in [1.165, 1.54) is 16.4 Å². The molecule has 1 aliphatic heterocycles. The highest BCUT2D eigenvalue weighted by Crippen LogP contribution is 2.23. The van der Waals surface area contributed by atoms with E-state index in [4.69, 9.17) is 0 Å². The zero-order chi connectivity index (χ0) is 17.2. The van der Waals surface area contributed by atoms with E-state index in [0.29, 0.717) is 24.5 Å². The Morgan fingerprint density at radius 2 is 2.00 bits per heavy atom. The molecule has 0 radical (unpaired) electrons. The van der Waals surface area contributed by atoms with Gasteiger partial charge in [-0.25, -0.2) is 9.37 Å². The number of nitrogens with one attached hydrogen (secondary N) is 1. The Balaban J connectivity index is 1.95. The molecular weight excluding hydrogens is 331 g/mol. The van der Waals surface area contributed by atoms with Crippen molar-refractivity contribution in [2.45, 2.75) is 25.3 Å². The first-order chi connectivity index (χ1) is 11.5. The van der Waals surface area contributed by atoms with E-state index in [1.807, 2.05) is 0 Å². The summed E-state index contributed by atoms with van der Waals surface area (Å²) in [4.78, 5) is 4.25. The van der Waals surface area contributed by atoms with Crippen LogP contribution in [0.4, 0.5) is 4.39 Å². The normalized spacial score (nSPS) is 17.8. The zero-order valence-corrected chi connectivity index (χ0v) is 14.3. The molecule has 1 aliphatic rings. The zero-order valence-electron chi connectivity index (χ0n) is 13.5. The van der Waals surface area contributed by atoms with Crippen molar-refractivity contribution < 1.29 is 12.8 Å². The summed E-state index contributed by atoms with van der Waals surface area (Å²) in [5.41, 5.74) is 0.518. The van der Waals surface area contributed by atoms with Crippen molar-refractivity contribution in [3.63, 3.8) is 0 Å². The van der Waals surface area contributed by atoms with Crippen LogP contribution in [0.3, 0.4) is 0 Å². The van der Waals surface area contributed by atoms with Crippen LogP contribution in [-0.2, 0) is 17.3 Å². The molecule has 1 atom stereocenters. The number of halogens is 1. The topological polar surface area (TPSA) is 67.2 Å². The first-order valence-electron chi connectivity index (χ1n) is 7.97. The van der Waals surface area contributed by atoms with Crippen molar-refractivity contribution in [2.75, 3.05) is 13.1 Å². The van der Waals surface area contributed by atoms with Gasteiger partial charge < -0.3 is 4.57 Å². The molecule has 24 heavy (non-hydrogen) atoms. The molecule has 1 saturated heterocycles. The molecule has 1 aromatic carbocycles. The van der Waals surface area contributed by atoms with Crippen LogP contribution in [0.1, 0.15) is 36.7 Å². The molecule has 6 nitrogen and oxygen atoms in total. The van der Waals surface area contributed by atoms with E-state index < -0.39 is 22.1 Å². The molecule has 0 aliphatic carbocycles. The van der Waals surface area contributed by atoms with Gasteiger partial charge in [-0.1, -0.05) is 18.6 Å². The van der Waals surface area contributed by atoms with E-state index in [1.54, 1.807) is 36.1 Å². The molecule has 1 N–H and O–H groups in total. The standard InChI is InChI=1S/C16H21FN4O2S/c1-20-11-8-18-16(20)15(13-6-5-7-14(17)12-13)19-24(22,23)21-9-3-2-4-10-21/h5-8,11-12,15,19H,2-4,9-10H2,1H3. The number of hydrogen-bond donors (Lipinski definition) is 1. The summed E-state index contributed by atoms with van der Waals surface area (Å²) in [5.74, 6) is 0.102. The van der Waals surface area contributed by atoms with Crippen molar-refractivity contribution in [1.29, 1.82) is 0 Å². The van der Waals surface area contributed by atoms with Gasteiger partial charge in [0.05, 0.1) is 0 Å². The molecule has 1 fully saturated rings. The highest BCUT2D eigenvalue weighted by Gasteiger charge is 2.30. The molecule has 0 bridgehead atoms. The molecule has 2 aromatic rings. The van der Waals surface area contributed by atoms with Crippen molar-refractivity contribution in [3.05, 3.63) is 53.9 Å². The van der Waals surface area contributed by atoms with Gasteiger partial charge in [-0.05, 0) is 30.5 Å². The van der Waals surface area contributed by atoms with Crippen molar-refractivity contribution in [3.8, 4) is 0 Å². The molecule has 2 heterocycles. The highest BCUT2D eigenvalue weighted by molar-refractivity contribution is 7.87. The Morgan fingerprint density at radius 3 is 2.62 bits per heavy atom. The van der Waals surface area contributed by atoms with Crippen LogP contribution in [0.15, 0.2) is 36.7 Å². The molecule has 0 spiro atoms. The van der Waals surface area contributed by atoms with Crippen molar-refractivity contribution in [1.82, 2.24) is 18.6 Å². The molecule has 0 saturated carbocycles. The largest absolute Gasteiger partial charge is 0.336 e. The Morgan fingerprint density at radius 1 is 1.25 bits per heavy atom. The average molecular weight is 352 g/mol. The number of rotatable bonds is 5. The van der Waals surface area contributed by atoms with Gasteiger partial charge in [0, 0.05) is 32.5 Å². The van der Waals surface area contributed by atoms with E-state index in [9.17, 15) is 12.8 Å². The van der Waals surface area contributed by atoms with Gasteiger partial charge in [0.1, 0.15) is 17.7 Å². The number of imidazole rings is 1. The van der Waals surface area contributed by atoms with Gasteiger partial charge >= 0.3 is 0 Å². The third kappa shape index (κ3) is 3.66. The van der Waals surface area contributed by atoms with Crippen molar-refractivity contribution >= 4 is 10.2 Å². The fourth-order valence-corrected chi connectivity index (χ4v) is 4.37. The molecular formula is C16H21FN4O2S. The minimum atomic E-state index is -3.68. The number of nitrogens with zero attached hydrogens (tertiary/aromatic N) is 3. The fourth-order valence-electron chi connectivity index (χ4n) is 2.94. The number of benzene rings is 1. The monoisotopic (exact) mass is 352 g/mol. The van der Waals surface area contributed by atoms with Crippen molar-refractivity contribution in [2.24, 2.45) is 7.05 Å². The van der Waals surface area contributed by atoms with Gasteiger partial charge in [0.25, 0.3) is 10.2 Å². The fraction of sp³-hybridized carbons (Fsp3) is 0.438. The third-order valence-corrected chi connectivity index (χ3v) is 5.80. The minimum Gasteiger partial charge on any atom is -0.336 e. The maximum absolute atomic E-state index is 13.6. The SMILES string of the molecule is Cn1ccnc1C(NS(=O)(=O)N1CCCCC1)c1cccc(F)c1. The first-order valence-corrected chi connectivity index (χ1v) is 9.41. The van der Waals surface area contributed by atoms with Gasteiger partial charge in [-0.3, -0.25) is 0 Å². The quantitative estimate of drug-likeness (QED) is 0.895. The lowest BCUT2D eigenvalue weighted by Crippen LogP contribution is -2.45. The summed E-state index contributed by atoms with van der Waals surface area (Å²) >= 11 is 0. The van der Waals surface area contributed by atoms with Crippen LogP contribution < -0.4 is 4.72 Å². The second-order valence-electron chi connectivity index (χ2n) is 5.97. The van der Waals surface area contributed by atoms with Gasteiger partial charge in [0.2, 0.25) is 0 Å². The summed E-state index contributed by atoms with van der Waals surface area (Å²) < 4.78 is 45.0. The maximum Gasteiger partial charge on any atom is 0.280 e. The van der Waals surface area contributed by atoms with E-state index in [-0.39, 0.29) is 0 Å². The second kappa shape index (κ2) is 7.00. The number of aryl methyl sites for hydroxylation is 1. The molecule has 1 unspecified atom stereocenters. The summed E-state index contributed by atoms with van der Waals surface area (Å²) in [6.45, 7) is 1.01. The molecule has 1 aromatic heterocycles. The predicted molar refractivity (Wildman–Crippen MR) is 88.9 cm³/mol. The molecule has 0 amide bonds. The van der Waals surface area contributed by atoms with E-state index in [0.717, 1.165) is 19.3 Å². The lowest BCUT2D eigenvalue weighted by atomic mass is 10.1. The first kappa shape index (κ1) is 17.1. The minimum absolute atomic E-state index is 0.413. The Hall–Kier alpha value is -1.77. The average Bonchev–Trinajstić information content (AvgIpc) is 2.99. The molecule has 8 heteroatoms. The van der Waals surface area contributed by atoms with Crippen LogP contribution >= 0.6 is 0 Å². The lowest BCUT2D eigenvalue weighted by molar-refractivity contribution is 0.339. The summed E-state index contributed by atoms with van der Waals surface area (Å²) in [5, 5.41) is 0. The summed E-state index contributed by atoms with van der Waals surface area (Å²) in [6.07, 6.45) is 6.08. The van der Waals surface area contributed by atoms with E-state index in [2.05, 4.69) is 9.71 Å². The predicted octanol–water partition coefficient (Wildman–Crippen LogP) is 1.97.